The number of carbonyl (C=O) groups excluding carboxylic acids is 1. The Morgan fingerprint density at radius 3 is 2.43 bits per heavy atom. The summed E-state index contributed by atoms with van der Waals surface area (Å²) in [4.78, 5) is 22.9. The number of hydrogen-bond acceptors (Lipinski definition) is 3. The summed E-state index contributed by atoms with van der Waals surface area (Å²) in [6.07, 6.45) is 1.25. The lowest BCUT2D eigenvalue weighted by atomic mass is 9.96. The molecule has 0 aliphatic carbocycles. The second-order valence-electron chi connectivity index (χ2n) is 5.10. The number of hydrogen-bond donors (Lipinski definition) is 2. The third-order valence-electron chi connectivity index (χ3n) is 3.37. The van der Waals surface area contributed by atoms with Crippen LogP contribution in [0.5, 0.6) is 0 Å². The molecule has 0 radical (unpaired) electrons. The number of ether oxygens (including phenoxy) is 1. The van der Waals surface area contributed by atoms with Crippen molar-refractivity contribution in [1.82, 2.24) is 5.32 Å². The molecule has 0 aliphatic rings. The number of unbranched alkanes of at least 4 members (excludes halogenated alkanes) is 1. The van der Waals surface area contributed by atoms with Gasteiger partial charge in [-0.1, -0.05) is 31.5 Å². The summed E-state index contributed by atoms with van der Waals surface area (Å²) in [6.45, 7) is 6.15. The predicted octanol–water partition coefficient (Wildman–Crippen LogP) is 2.83. The van der Waals surface area contributed by atoms with E-state index < -0.39 is 18.1 Å². The van der Waals surface area contributed by atoms with Crippen molar-refractivity contribution in [3.8, 4) is 0 Å². The van der Waals surface area contributed by atoms with Crippen molar-refractivity contribution in [2.75, 3.05) is 6.61 Å². The molecule has 1 aromatic rings. The fraction of sp³-hybridized carbons (Fsp3) is 0.500. The van der Waals surface area contributed by atoms with Gasteiger partial charge < -0.3 is 15.2 Å². The number of nitrogens with one attached hydrogen (secondary N) is 1. The van der Waals surface area contributed by atoms with Crippen LogP contribution in [0.15, 0.2) is 18.2 Å². The number of alkyl carbamates (subject to hydrolysis) is 1. The van der Waals surface area contributed by atoms with E-state index in [1.165, 1.54) is 0 Å². The van der Waals surface area contributed by atoms with E-state index in [4.69, 9.17) is 4.74 Å². The van der Waals surface area contributed by atoms with E-state index in [0.29, 0.717) is 6.61 Å². The van der Waals surface area contributed by atoms with Crippen molar-refractivity contribution < 1.29 is 19.4 Å². The molecule has 1 atom stereocenters. The molecule has 1 unspecified atom stereocenters. The number of benzene rings is 1. The molecule has 0 spiro atoms. The van der Waals surface area contributed by atoms with Gasteiger partial charge in [-0.2, -0.15) is 0 Å². The first kappa shape index (κ1) is 17.0. The molecular weight excluding hydrogens is 270 g/mol. The summed E-state index contributed by atoms with van der Waals surface area (Å²) >= 11 is 0. The molecule has 0 bridgehead atoms. The molecule has 2 N–H and O–H groups in total. The molecule has 5 nitrogen and oxygen atoms in total. The van der Waals surface area contributed by atoms with E-state index in [9.17, 15) is 14.7 Å². The summed E-state index contributed by atoms with van der Waals surface area (Å²) in [5.41, 5.74) is 2.98. The fourth-order valence-corrected chi connectivity index (χ4v) is 2.07. The highest BCUT2D eigenvalue weighted by Crippen LogP contribution is 2.15. The molecule has 0 fully saturated rings. The third kappa shape index (κ3) is 5.45. The molecule has 0 aromatic heterocycles. The van der Waals surface area contributed by atoms with E-state index >= 15 is 0 Å². The maximum absolute atomic E-state index is 11.6. The van der Waals surface area contributed by atoms with Crippen LogP contribution in [0.25, 0.3) is 0 Å². The first-order valence-electron chi connectivity index (χ1n) is 7.16. The molecule has 1 amide bonds. The van der Waals surface area contributed by atoms with Crippen molar-refractivity contribution in [2.45, 2.75) is 46.1 Å². The van der Waals surface area contributed by atoms with Crippen LogP contribution in [0, 0.1) is 13.8 Å². The Balaban J connectivity index is 2.70. The van der Waals surface area contributed by atoms with Gasteiger partial charge in [-0.15, -0.1) is 0 Å². The van der Waals surface area contributed by atoms with Crippen LogP contribution < -0.4 is 5.32 Å². The van der Waals surface area contributed by atoms with Gasteiger partial charge in [0.25, 0.3) is 0 Å². The van der Waals surface area contributed by atoms with E-state index in [1.54, 1.807) is 0 Å². The summed E-state index contributed by atoms with van der Waals surface area (Å²) < 4.78 is 4.95. The topological polar surface area (TPSA) is 75.6 Å². The molecule has 0 saturated carbocycles. The molecule has 0 aliphatic heterocycles. The number of carbonyl (C=O) groups is 2. The van der Waals surface area contributed by atoms with Crippen LogP contribution in [0.2, 0.25) is 0 Å². The van der Waals surface area contributed by atoms with E-state index in [0.717, 1.165) is 29.5 Å². The lowest BCUT2D eigenvalue weighted by molar-refractivity contribution is -0.139. The molecule has 116 valence electrons. The average Bonchev–Trinajstić information content (AvgIpc) is 2.41. The first-order chi connectivity index (χ1) is 9.95. The molecule has 0 heterocycles. The lowest BCUT2D eigenvalue weighted by Gasteiger charge is -2.17. The number of carboxylic acids is 1. The highest BCUT2D eigenvalue weighted by atomic mass is 16.5. The second kappa shape index (κ2) is 8.29. The normalized spacial score (nSPS) is 11.8. The van der Waals surface area contributed by atoms with Gasteiger partial charge >= 0.3 is 12.1 Å². The number of rotatable bonds is 7. The smallest absolute Gasteiger partial charge is 0.407 e. The number of aryl methyl sites for hydroxylation is 2. The Hall–Kier alpha value is -2.04. The van der Waals surface area contributed by atoms with E-state index in [1.807, 2.05) is 39.0 Å². The van der Waals surface area contributed by atoms with Crippen LogP contribution >= 0.6 is 0 Å². The van der Waals surface area contributed by atoms with Gasteiger partial charge in [0, 0.05) is 6.42 Å². The second-order valence-corrected chi connectivity index (χ2v) is 5.10. The Morgan fingerprint density at radius 1 is 1.29 bits per heavy atom. The molecule has 0 saturated heterocycles. The Kier molecular flexibility index (Phi) is 6.72. The molecule has 5 heteroatoms. The summed E-state index contributed by atoms with van der Waals surface area (Å²) in [5.74, 6) is -1.06. The quantitative estimate of drug-likeness (QED) is 0.758. The standard InChI is InChI=1S/C16H23NO4/c1-4-5-9-21-16(20)17-14(15(18)19)10-13-11(2)7-6-8-12(13)3/h6-8,14H,4-5,9-10H2,1-3H3,(H,17,20)(H,18,19). The SMILES string of the molecule is CCCCOC(=O)NC(Cc1c(C)cccc1C)C(=O)O. The van der Waals surface area contributed by atoms with Crippen LogP contribution in [0.4, 0.5) is 4.79 Å². The first-order valence-corrected chi connectivity index (χ1v) is 7.16. The maximum Gasteiger partial charge on any atom is 0.407 e. The monoisotopic (exact) mass is 293 g/mol. The zero-order valence-electron chi connectivity index (χ0n) is 12.8. The van der Waals surface area contributed by atoms with E-state index in [2.05, 4.69) is 5.32 Å². The lowest BCUT2D eigenvalue weighted by Crippen LogP contribution is -2.42. The van der Waals surface area contributed by atoms with Gasteiger partial charge in [0.1, 0.15) is 6.04 Å². The third-order valence-corrected chi connectivity index (χ3v) is 3.37. The minimum Gasteiger partial charge on any atom is -0.480 e. The zero-order valence-corrected chi connectivity index (χ0v) is 12.8. The average molecular weight is 293 g/mol. The fourth-order valence-electron chi connectivity index (χ4n) is 2.07. The van der Waals surface area contributed by atoms with Gasteiger partial charge in [-0.05, 0) is 37.0 Å². The highest BCUT2D eigenvalue weighted by molar-refractivity contribution is 5.80. The van der Waals surface area contributed by atoms with Gasteiger partial charge in [0.2, 0.25) is 0 Å². The van der Waals surface area contributed by atoms with Gasteiger partial charge in [-0.25, -0.2) is 9.59 Å². The Morgan fingerprint density at radius 2 is 1.90 bits per heavy atom. The zero-order chi connectivity index (χ0) is 15.8. The molecule has 1 rings (SSSR count). The highest BCUT2D eigenvalue weighted by Gasteiger charge is 2.22. The van der Waals surface area contributed by atoms with Crippen molar-refractivity contribution in [3.05, 3.63) is 34.9 Å². The Labute approximate surface area is 125 Å². The number of carboxylic acid groups (broad SMARTS) is 1. The van der Waals surface area contributed by atoms with Crippen LogP contribution in [-0.2, 0) is 16.0 Å². The molecular formula is C16H23NO4. The van der Waals surface area contributed by atoms with Crippen LogP contribution in [0.1, 0.15) is 36.5 Å². The minimum atomic E-state index is -1.06. The summed E-state index contributed by atoms with van der Waals surface area (Å²) in [6, 6.07) is 4.80. The summed E-state index contributed by atoms with van der Waals surface area (Å²) in [5, 5.41) is 11.7. The Bertz CT molecular complexity index is 479. The largest absolute Gasteiger partial charge is 0.480 e. The maximum atomic E-state index is 11.6. The predicted molar refractivity (Wildman–Crippen MR) is 80.4 cm³/mol. The van der Waals surface area contributed by atoms with Crippen molar-refractivity contribution in [3.63, 3.8) is 0 Å². The van der Waals surface area contributed by atoms with Gasteiger partial charge in [0.15, 0.2) is 0 Å². The van der Waals surface area contributed by atoms with Crippen molar-refractivity contribution >= 4 is 12.1 Å². The van der Waals surface area contributed by atoms with Crippen molar-refractivity contribution in [1.29, 1.82) is 0 Å². The molecule has 1 aromatic carbocycles. The van der Waals surface area contributed by atoms with Crippen LogP contribution in [-0.4, -0.2) is 29.8 Å². The number of amides is 1. The minimum absolute atomic E-state index is 0.247. The molecule has 21 heavy (non-hydrogen) atoms. The van der Waals surface area contributed by atoms with Gasteiger partial charge in [-0.3, -0.25) is 0 Å². The van der Waals surface area contributed by atoms with Gasteiger partial charge in [0.05, 0.1) is 6.61 Å². The van der Waals surface area contributed by atoms with Crippen LogP contribution in [0.3, 0.4) is 0 Å². The van der Waals surface area contributed by atoms with Crippen molar-refractivity contribution in [2.24, 2.45) is 0 Å². The van der Waals surface area contributed by atoms with E-state index in [-0.39, 0.29) is 6.42 Å². The number of aliphatic carboxylic acids is 1. The summed E-state index contributed by atoms with van der Waals surface area (Å²) in [7, 11) is 0.